The summed E-state index contributed by atoms with van der Waals surface area (Å²) in [5, 5.41) is 0. The van der Waals surface area contributed by atoms with Crippen molar-refractivity contribution in [2.24, 2.45) is 0 Å². The summed E-state index contributed by atoms with van der Waals surface area (Å²) in [6.45, 7) is 0.672. The number of pyridine rings is 2. The first-order chi connectivity index (χ1) is 14.8. The van der Waals surface area contributed by atoms with Crippen LogP contribution in [0.1, 0.15) is 5.56 Å². The number of imidazole rings is 1. The van der Waals surface area contributed by atoms with Crippen molar-refractivity contribution in [2.45, 2.75) is 6.54 Å². The van der Waals surface area contributed by atoms with Gasteiger partial charge in [-0.2, -0.15) is 0 Å². The first-order valence-corrected chi connectivity index (χ1v) is 9.77. The number of rotatable bonds is 5. The molecule has 0 saturated carbocycles. The number of ether oxygens (including phenoxy) is 1. The van der Waals surface area contributed by atoms with Crippen molar-refractivity contribution >= 4 is 11.2 Å². The van der Waals surface area contributed by atoms with E-state index in [4.69, 9.17) is 9.72 Å². The van der Waals surface area contributed by atoms with E-state index in [0.29, 0.717) is 6.54 Å². The van der Waals surface area contributed by atoms with Crippen LogP contribution in [0.3, 0.4) is 0 Å². The first kappa shape index (κ1) is 18.1. The van der Waals surface area contributed by atoms with Gasteiger partial charge in [0.25, 0.3) is 0 Å². The molecule has 3 heterocycles. The first-order valence-electron chi connectivity index (χ1n) is 9.77. The Morgan fingerprint density at radius 2 is 1.63 bits per heavy atom. The molecule has 0 aliphatic heterocycles. The second kappa shape index (κ2) is 7.79. The molecule has 0 spiro atoms. The number of hydrogen-bond acceptors (Lipinski definition) is 4. The molecule has 0 bridgehead atoms. The van der Waals surface area contributed by atoms with Crippen LogP contribution in [0.15, 0.2) is 91.4 Å². The zero-order valence-electron chi connectivity index (χ0n) is 16.6. The average molecular weight is 392 g/mol. The zero-order valence-corrected chi connectivity index (χ0v) is 16.6. The Balaban J connectivity index is 1.71. The highest BCUT2D eigenvalue weighted by Crippen LogP contribution is 2.30. The van der Waals surface area contributed by atoms with E-state index in [1.807, 2.05) is 73.2 Å². The fourth-order valence-electron chi connectivity index (χ4n) is 3.61. The van der Waals surface area contributed by atoms with Crippen molar-refractivity contribution in [2.75, 3.05) is 7.11 Å². The molecule has 0 aliphatic rings. The maximum Gasteiger partial charge on any atom is 0.178 e. The van der Waals surface area contributed by atoms with E-state index in [-0.39, 0.29) is 0 Å². The van der Waals surface area contributed by atoms with E-state index in [2.05, 4.69) is 32.7 Å². The minimum Gasteiger partial charge on any atom is -0.497 e. The lowest BCUT2D eigenvalue weighted by Crippen LogP contribution is -2.02. The quantitative estimate of drug-likeness (QED) is 0.412. The lowest BCUT2D eigenvalue weighted by Gasteiger charge is -2.11. The van der Waals surface area contributed by atoms with Gasteiger partial charge in [-0.05, 0) is 41.5 Å². The second-order valence-electron chi connectivity index (χ2n) is 7.04. The summed E-state index contributed by atoms with van der Waals surface area (Å²) in [5.41, 5.74) is 6.05. The van der Waals surface area contributed by atoms with Gasteiger partial charge >= 0.3 is 0 Å². The van der Waals surface area contributed by atoms with Gasteiger partial charge in [-0.25, -0.2) is 9.97 Å². The molecule has 5 nitrogen and oxygen atoms in total. The summed E-state index contributed by atoms with van der Waals surface area (Å²) in [7, 11) is 1.67. The van der Waals surface area contributed by atoms with E-state index < -0.39 is 0 Å². The van der Waals surface area contributed by atoms with E-state index >= 15 is 0 Å². The van der Waals surface area contributed by atoms with Crippen LogP contribution in [-0.2, 0) is 6.54 Å². The Morgan fingerprint density at radius 3 is 2.43 bits per heavy atom. The maximum atomic E-state index is 5.42. The summed E-state index contributed by atoms with van der Waals surface area (Å²) >= 11 is 0. The summed E-state index contributed by atoms with van der Waals surface area (Å²) in [6.07, 6.45) is 5.51. The number of fused-ring (bicyclic) bond motifs is 1. The predicted molar refractivity (Wildman–Crippen MR) is 118 cm³/mol. The van der Waals surface area contributed by atoms with E-state index in [1.54, 1.807) is 7.11 Å². The SMILES string of the molecule is COc1cccc(-c2nc3ncc(-c4ccccc4)cc3n2Cc2ccncc2)c1. The molecule has 0 radical (unpaired) electrons. The number of aromatic nitrogens is 4. The Hall–Kier alpha value is -3.99. The zero-order chi connectivity index (χ0) is 20.3. The Bertz CT molecular complexity index is 1300. The lowest BCUT2D eigenvalue weighted by atomic mass is 10.1. The molecule has 5 rings (SSSR count). The topological polar surface area (TPSA) is 52.8 Å². The Morgan fingerprint density at radius 1 is 0.833 bits per heavy atom. The van der Waals surface area contributed by atoms with Gasteiger partial charge < -0.3 is 9.30 Å². The second-order valence-corrected chi connectivity index (χ2v) is 7.04. The summed E-state index contributed by atoms with van der Waals surface area (Å²) < 4.78 is 7.63. The molecule has 5 aromatic rings. The number of benzene rings is 2. The van der Waals surface area contributed by atoms with Crippen LogP contribution in [0, 0.1) is 0 Å². The number of methoxy groups -OCH3 is 1. The van der Waals surface area contributed by atoms with Crippen LogP contribution >= 0.6 is 0 Å². The van der Waals surface area contributed by atoms with Gasteiger partial charge in [0, 0.05) is 36.3 Å². The van der Waals surface area contributed by atoms with Crippen molar-refractivity contribution < 1.29 is 4.74 Å². The molecule has 0 fully saturated rings. The monoisotopic (exact) mass is 392 g/mol. The minimum atomic E-state index is 0.672. The van der Waals surface area contributed by atoms with Gasteiger partial charge in [0.1, 0.15) is 11.6 Å². The molecule has 146 valence electrons. The smallest absolute Gasteiger partial charge is 0.178 e. The minimum absolute atomic E-state index is 0.672. The molecular weight excluding hydrogens is 372 g/mol. The molecule has 5 heteroatoms. The molecule has 0 amide bonds. The van der Waals surface area contributed by atoms with Crippen molar-refractivity contribution in [3.8, 4) is 28.3 Å². The van der Waals surface area contributed by atoms with E-state index in [0.717, 1.165) is 45.0 Å². The standard InChI is InChI=1S/C25H20N4O/c1-30-22-9-5-8-20(14-22)25-28-24-23(29(25)17-18-10-12-26-13-11-18)15-21(16-27-24)19-6-3-2-4-7-19/h2-16H,17H2,1H3. The third-order valence-electron chi connectivity index (χ3n) is 5.13. The van der Waals surface area contributed by atoms with Crippen LogP contribution in [0.2, 0.25) is 0 Å². The largest absolute Gasteiger partial charge is 0.497 e. The molecular formula is C25H20N4O. The summed E-state index contributed by atoms with van der Waals surface area (Å²) in [4.78, 5) is 13.7. The maximum absolute atomic E-state index is 5.42. The average Bonchev–Trinajstić information content (AvgIpc) is 3.18. The van der Waals surface area contributed by atoms with Crippen molar-refractivity contribution in [3.05, 3.63) is 97.0 Å². The molecule has 0 atom stereocenters. The van der Waals surface area contributed by atoms with Crippen molar-refractivity contribution in [3.63, 3.8) is 0 Å². The van der Waals surface area contributed by atoms with Crippen LogP contribution in [-0.4, -0.2) is 26.6 Å². The molecule has 30 heavy (non-hydrogen) atoms. The number of nitrogens with zero attached hydrogens (tertiary/aromatic N) is 4. The molecule has 0 aliphatic carbocycles. The fraction of sp³-hybridized carbons (Fsp3) is 0.0800. The lowest BCUT2D eigenvalue weighted by molar-refractivity contribution is 0.415. The predicted octanol–water partition coefficient (Wildman–Crippen LogP) is 5.22. The molecule has 3 aromatic heterocycles. The summed E-state index contributed by atoms with van der Waals surface area (Å²) in [6, 6.07) is 24.5. The highest BCUT2D eigenvalue weighted by atomic mass is 16.5. The van der Waals surface area contributed by atoms with E-state index in [9.17, 15) is 0 Å². The third kappa shape index (κ3) is 3.42. The molecule has 2 aromatic carbocycles. The van der Waals surface area contributed by atoms with Gasteiger partial charge in [-0.3, -0.25) is 4.98 Å². The van der Waals surface area contributed by atoms with Crippen LogP contribution in [0.4, 0.5) is 0 Å². The van der Waals surface area contributed by atoms with Crippen molar-refractivity contribution in [1.29, 1.82) is 0 Å². The number of hydrogen-bond donors (Lipinski definition) is 0. The highest BCUT2D eigenvalue weighted by Gasteiger charge is 2.16. The fourth-order valence-corrected chi connectivity index (χ4v) is 3.61. The van der Waals surface area contributed by atoms with Gasteiger partial charge in [-0.1, -0.05) is 42.5 Å². The molecule has 0 unspecified atom stereocenters. The normalized spacial score (nSPS) is 11.0. The van der Waals surface area contributed by atoms with Crippen LogP contribution < -0.4 is 4.74 Å². The van der Waals surface area contributed by atoms with Gasteiger partial charge in [0.05, 0.1) is 12.6 Å². The van der Waals surface area contributed by atoms with Crippen LogP contribution in [0.25, 0.3) is 33.7 Å². The van der Waals surface area contributed by atoms with E-state index in [1.165, 1.54) is 0 Å². The third-order valence-corrected chi connectivity index (χ3v) is 5.13. The van der Waals surface area contributed by atoms with Gasteiger partial charge in [-0.15, -0.1) is 0 Å². The Labute approximate surface area is 174 Å². The van der Waals surface area contributed by atoms with Gasteiger partial charge in [0.2, 0.25) is 0 Å². The highest BCUT2D eigenvalue weighted by molar-refractivity contribution is 5.82. The Kier molecular flexibility index (Phi) is 4.69. The molecule has 0 N–H and O–H groups in total. The van der Waals surface area contributed by atoms with Gasteiger partial charge in [0.15, 0.2) is 5.65 Å². The van der Waals surface area contributed by atoms with Crippen LogP contribution in [0.5, 0.6) is 5.75 Å². The van der Waals surface area contributed by atoms with Crippen molar-refractivity contribution in [1.82, 2.24) is 19.5 Å². The molecule has 0 saturated heterocycles. The summed E-state index contributed by atoms with van der Waals surface area (Å²) in [5.74, 6) is 1.66.